The van der Waals surface area contributed by atoms with E-state index in [-0.39, 0.29) is 19.2 Å². The molecule has 0 aliphatic rings. The number of hydrogen-bond donors (Lipinski definition) is 0. The van der Waals surface area contributed by atoms with Gasteiger partial charge in [0.25, 0.3) is 6.47 Å². The third-order valence-electron chi connectivity index (χ3n) is 1.78. The average Bonchev–Trinajstić information content (AvgIpc) is 2.25. The van der Waals surface area contributed by atoms with Crippen LogP contribution in [0.15, 0.2) is 24.3 Å². The average molecular weight is 208 g/mol. The van der Waals surface area contributed by atoms with Crippen molar-refractivity contribution in [2.24, 2.45) is 0 Å². The number of benzene rings is 1. The topological polar surface area (TPSA) is 52.6 Å². The summed E-state index contributed by atoms with van der Waals surface area (Å²) in [6.45, 7) is 2.31. The van der Waals surface area contributed by atoms with Crippen molar-refractivity contribution in [3.8, 4) is 0 Å². The largest absolute Gasteiger partial charge is 0.463 e. The summed E-state index contributed by atoms with van der Waals surface area (Å²) >= 11 is 0. The van der Waals surface area contributed by atoms with Gasteiger partial charge in [0.05, 0.1) is 0 Å². The lowest BCUT2D eigenvalue weighted by Gasteiger charge is -2.03. The third kappa shape index (κ3) is 4.26. The van der Waals surface area contributed by atoms with Crippen molar-refractivity contribution >= 4 is 12.4 Å². The van der Waals surface area contributed by atoms with Crippen LogP contribution >= 0.6 is 0 Å². The molecule has 1 aromatic carbocycles. The van der Waals surface area contributed by atoms with Gasteiger partial charge in [0.1, 0.15) is 13.2 Å². The fourth-order valence-electron chi connectivity index (χ4n) is 1.05. The number of rotatable bonds is 5. The number of carbonyl (C=O) groups excluding carboxylic acids is 2. The predicted molar refractivity (Wildman–Crippen MR) is 52.8 cm³/mol. The van der Waals surface area contributed by atoms with Gasteiger partial charge < -0.3 is 9.47 Å². The minimum absolute atomic E-state index is 0.261. The molecule has 0 unspecified atom stereocenters. The molecule has 1 aromatic rings. The van der Waals surface area contributed by atoms with E-state index in [1.165, 1.54) is 6.92 Å². The lowest BCUT2D eigenvalue weighted by molar-refractivity contribution is -0.142. The second-order valence-corrected chi connectivity index (χ2v) is 3.00. The molecule has 0 heterocycles. The first-order chi connectivity index (χ1) is 7.22. The minimum Gasteiger partial charge on any atom is -0.463 e. The smallest absolute Gasteiger partial charge is 0.302 e. The summed E-state index contributed by atoms with van der Waals surface area (Å²) in [5.41, 5.74) is 1.80. The van der Waals surface area contributed by atoms with E-state index < -0.39 is 0 Å². The molecule has 0 bridgehead atoms. The van der Waals surface area contributed by atoms with Gasteiger partial charge in [-0.05, 0) is 11.1 Å². The molecule has 0 saturated heterocycles. The van der Waals surface area contributed by atoms with Crippen LogP contribution in [0.5, 0.6) is 0 Å². The summed E-state index contributed by atoms with van der Waals surface area (Å²) in [7, 11) is 0. The van der Waals surface area contributed by atoms with E-state index in [1.807, 2.05) is 24.3 Å². The van der Waals surface area contributed by atoms with Crippen LogP contribution in [-0.4, -0.2) is 12.4 Å². The maximum absolute atomic E-state index is 10.5. The lowest BCUT2D eigenvalue weighted by Crippen LogP contribution is -1.99. The van der Waals surface area contributed by atoms with Crippen LogP contribution in [0.4, 0.5) is 0 Å². The minimum atomic E-state index is -0.302. The number of carbonyl (C=O) groups is 2. The van der Waals surface area contributed by atoms with E-state index in [0.717, 1.165) is 11.1 Å². The summed E-state index contributed by atoms with van der Waals surface area (Å²) in [6.07, 6.45) is 0. The maximum atomic E-state index is 10.5. The summed E-state index contributed by atoms with van der Waals surface area (Å²) in [6, 6.07) is 7.30. The van der Waals surface area contributed by atoms with Crippen LogP contribution < -0.4 is 0 Å². The Morgan fingerprint density at radius 3 is 2.20 bits per heavy atom. The number of ether oxygens (including phenoxy) is 2. The molecule has 0 aromatic heterocycles. The summed E-state index contributed by atoms with van der Waals surface area (Å²) in [5.74, 6) is -0.302. The van der Waals surface area contributed by atoms with E-state index in [9.17, 15) is 9.59 Å². The third-order valence-corrected chi connectivity index (χ3v) is 1.78. The quantitative estimate of drug-likeness (QED) is 0.542. The van der Waals surface area contributed by atoms with Crippen molar-refractivity contribution in [1.82, 2.24) is 0 Å². The van der Waals surface area contributed by atoms with E-state index >= 15 is 0 Å². The highest BCUT2D eigenvalue weighted by molar-refractivity contribution is 5.65. The highest BCUT2D eigenvalue weighted by Gasteiger charge is 1.97. The standard InChI is InChI=1S/C11H12O4/c1-9(13)15-7-11-4-2-10(3-5-11)6-14-8-12/h2-5,8H,6-7H2,1H3. The first-order valence-electron chi connectivity index (χ1n) is 4.49. The molecule has 0 aliphatic carbocycles. The first kappa shape index (κ1) is 11.2. The van der Waals surface area contributed by atoms with E-state index in [0.29, 0.717) is 6.47 Å². The molecule has 0 saturated carbocycles. The summed E-state index contributed by atoms with van der Waals surface area (Å²) < 4.78 is 9.41. The lowest BCUT2D eigenvalue weighted by atomic mass is 10.1. The van der Waals surface area contributed by atoms with Crippen molar-refractivity contribution in [3.05, 3.63) is 35.4 Å². The van der Waals surface area contributed by atoms with Gasteiger partial charge in [-0.2, -0.15) is 0 Å². The fourth-order valence-corrected chi connectivity index (χ4v) is 1.05. The molecule has 0 atom stereocenters. The van der Waals surface area contributed by atoms with Crippen LogP contribution in [0, 0.1) is 0 Å². The highest BCUT2D eigenvalue weighted by Crippen LogP contribution is 2.06. The molecular weight excluding hydrogens is 196 g/mol. The highest BCUT2D eigenvalue weighted by atomic mass is 16.5. The van der Waals surface area contributed by atoms with Crippen LogP contribution in [0.2, 0.25) is 0 Å². The Hall–Kier alpha value is -1.84. The zero-order chi connectivity index (χ0) is 11.1. The molecule has 4 nitrogen and oxygen atoms in total. The van der Waals surface area contributed by atoms with E-state index in [2.05, 4.69) is 4.74 Å². The monoisotopic (exact) mass is 208 g/mol. The van der Waals surface area contributed by atoms with Gasteiger partial charge in [-0.3, -0.25) is 9.59 Å². The first-order valence-corrected chi connectivity index (χ1v) is 4.49. The SMILES string of the molecule is CC(=O)OCc1ccc(COC=O)cc1. The fraction of sp³-hybridized carbons (Fsp3) is 0.273. The zero-order valence-corrected chi connectivity index (χ0v) is 8.43. The van der Waals surface area contributed by atoms with Crippen molar-refractivity contribution < 1.29 is 19.1 Å². The van der Waals surface area contributed by atoms with Crippen LogP contribution in [-0.2, 0) is 32.3 Å². The zero-order valence-electron chi connectivity index (χ0n) is 8.43. The maximum Gasteiger partial charge on any atom is 0.302 e. The summed E-state index contributed by atoms with van der Waals surface area (Å²) in [4.78, 5) is 20.5. The second-order valence-electron chi connectivity index (χ2n) is 3.00. The molecule has 0 fully saturated rings. The molecule has 0 spiro atoms. The van der Waals surface area contributed by atoms with Crippen LogP contribution in [0.25, 0.3) is 0 Å². The Bertz CT molecular complexity index is 329. The van der Waals surface area contributed by atoms with Crippen molar-refractivity contribution in [2.75, 3.05) is 0 Å². The summed E-state index contributed by atoms with van der Waals surface area (Å²) in [5, 5.41) is 0. The van der Waals surface area contributed by atoms with Gasteiger partial charge in [-0.1, -0.05) is 24.3 Å². The molecule has 0 radical (unpaired) electrons. The van der Waals surface area contributed by atoms with Crippen molar-refractivity contribution in [1.29, 1.82) is 0 Å². The van der Waals surface area contributed by atoms with Crippen molar-refractivity contribution in [2.45, 2.75) is 20.1 Å². The Kier molecular flexibility index (Phi) is 4.34. The predicted octanol–water partition coefficient (Wildman–Crippen LogP) is 1.42. The second kappa shape index (κ2) is 5.80. The molecular formula is C11H12O4. The number of hydrogen-bond acceptors (Lipinski definition) is 4. The molecule has 15 heavy (non-hydrogen) atoms. The van der Waals surface area contributed by atoms with Gasteiger partial charge in [-0.15, -0.1) is 0 Å². The van der Waals surface area contributed by atoms with Gasteiger partial charge in [-0.25, -0.2) is 0 Å². The number of esters is 1. The normalized spacial score (nSPS) is 9.40. The van der Waals surface area contributed by atoms with Gasteiger partial charge in [0.15, 0.2) is 0 Å². The molecule has 0 amide bonds. The Morgan fingerprint density at radius 2 is 1.73 bits per heavy atom. The molecule has 80 valence electrons. The van der Waals surface area contributed by atoms with Crippen molar-refractivity contribution in [3.63, 3.8) is 0 Å². The molecule has 1 rings (SSSR count). The molecule has 0 N–H and O–H groups in total. The Labute approximate surface area is 87.8 Å². The van der Waals surface area contributed by atoms with E-state index in [1.54, 1.807) is 0 Å². The van der Waals surface area contributed by atoms with Crippen LogP contribution in [0.1, 0.15) is 18.1 Å². The van der Waals surface area contributed by atoms with E-state index in [4.69, 9.17) is 4.74 Å². The Balaban J connectivity index is 2.48. The van der Waals surface area contributed by atoms with Gasteiger partial charge in [0, 0.05) is 6.92 Å². The molecule has 0 aliphatic heterocycles. The van der Waals surface area contributed by atoms with Gasteiger partial charge in [0.2, 0.25) is 0 Å². The molecule has 4 heteroatoms. The Morgan fingerprint density at radius 1 is 1.20 bits per heavy atom. The van der Waals surface area contributed by atoms with Crippen LogP contribution in [0.3, 0.4) is 0 Å². The van der Waals surface area contributed by atoms with Gasteiger partial charge >= 0.3 is 5.97 Å².